The second-order valence-electron chi connectivity index (χ2n) is 8.71. The predicted molar refractivity (Wildman–Crippen MR) is 123 cm³/mol. The Kier molecular flexibility index (Phi) is 5.82. The molecule has 2 aliphatic rings. The molecule has 1 aromatic heterocycles. The molecule has 0 saturated carbocycles. The van der Waals surface area contributed by atoms with Crippen LogP contribution in [-0.4, -0.2) is 47.5 Å². The Morgan fingerprint density at radius 3 is 2.51 bits per heavy atom. The largest absolute Gasteiger partial charge is 0.493 e. The fourth-order valence-electron chi connectivity index (χ4n) is 4.80. The van der Waals surface area contributed by atoms with Crippen LogP contribution in [0.15, 0.2) is 48.5 Å². The van der Waals surface area contributed by atoms with Gasteiger partial charge in [0.25, 0.3) is 5.91 Å². The molecule has 0 unspecified atom stereocenters. The van der Waals surface area contributed by atoms with Gasteiger partial charge in [-0.3, -0.25) is 4.79 Å². The van der Waals surface area contributed by atoms with Gasteiger partial charge in [0, 0.05) is 25.6 Å². The number of carbonyl (C=O) groups is 1. The van der Waals surface area contributed by atoms with E-state index < -0.39 is 18.3 Å². The van der Waals surface area contributed by atoms with E-state index in [1.807, 2.05) is 24.3 Å². The number of aromatic nitrogens is 2. The molecule has 1 N–H and O–H groups in total. The minimum Gasteiger partial charge on any atom is -0.493 e. The topological polar surface area (TPSA) is 68.6 Å². The fraction of sp³-hybridized carbons (Fsp3) is 0.360. The number of methoxy groups -OCH3 is 2. The van der Waals surface area contributed by atoms with Crippen molar-refractivity contribution < 1.29 is 27.4 Å². The Morgan fingerprint density at radius 2 is 1.80 bits per heavy atom. The quantitative estimate of drug-likeness (QED) is 0.576. The third-order valence-corrected chi connectivity index (χ3v) is 6.64. The molecule has 184 valence electrons. The van der Waals surface area contributed by atoms with Gasteiger partial charge in [0.15, 0.2) is 23.2 Å². The number of amides is 1. The van der Waals surface area contributed by atoms with Gasteiger partial charge in [0.2, 0.25) is 0 Å². The van der Waals surface area contributed by atoms with Crippen LogP contribution in [0.25, 0.3) is 0 Å². The van der Waals surface area contributed by atoms with Crippen molar-refractivity contribution in [1.82, 2.24) is 14.7 Å². The normalized spacial score (nSPS) is 19.4. The summed E-state index contributed by atoms with van der Waals surface area (Å²) in [7, 11) is 2.97. The fourth-order valence-corrected chi connectivity index (χ4v) is 4.80. The van der Waals surface area contributed by atoms with Gasteiger partial charge in [0.05, 0.1) is 20.3 Å². The Bertz CT molecular complexity index is 1260. The van der Waals surface area contributed by atoms with E-state index in [9.17, 15) is 18.0 Å². The van der Waals surface area contributed by atoms with Gasteiger partial charge in [-0.1, -0.05) is 30.3 Å². The van der Waals surface area contributed by atoms with Crippen molar-refractivity contribution in [3.05, 3.63) is 70.9 Å². The molecule has 0 fully saturated rings. The first-order valence-corrected chi connectivity index (χ1v) is 11.3. The van der Waals surface area contributed by atoms with Crippen LogP contribution >= 0.6 is 0 Å². The lowest BCUT2D eigenvalue weighted by atomic mass is 9.96. The van der Waals surface area contributed by atoms with Crippen LogP contribution < -0.4 is 14.8 Å². The third kappa shape index (κ3) is 4.28. The summed E-state index contributed by atoms with van der Waals surface area (Å²) in [5, 5.41) is 7.25. The molecular formula is C25H25F3N4O3. The van der Waals surface area contributed by atoms with Crippen LogP contribution in [-0.2, 0) is 13.0 Å². The van der Waals surface area contributed by atoms with E-state index in [1.54, 1.807) is 23.1 Å². The van der Waals surface area contributed by atoms with Crippen molar-refractivity contribution in [3.8, 4) is 11.5 Å². The van der Waals surface area contributed by atoms with Crippen LogP contribution in [0, 0.1) is 0 Å². The molecule has 2 aromatic carbocycles. The first kappa shape index (κ1) is 23.1. The zero-order valence-electron chi connectivity index (χ0n) is 19.3. The second-order valence-corrected chi connectivity index (χ2v) is 8.71. The molecule has 35 heavy (non-hydrogen) atoms. The van der Waals surface area contributed by atoms with E-state index in [2.05, 4.69) is 10.4 Å². The summed E-state index contributed by atoms with van der Waals surface area (Å²) >= 11 is 0. The van der Waals surface area contributed by atoms with Crippen molar-refractivity contribution in [3.63, 3.8) is 0 Å². The van der Waals surface area contributed by atoms with Crippen molar-refractivity contribution in [2.75, 3.05) is 26.1 Å². The summed E-state index contributed by atoms with van der Waals surface area (Å²) < 4.78 is 53.7. The number of rotatable bonds is 4. The van der Waals surface area contributed by atoms with E-state index in [0.29, 0.717) is 36.6 Å². The van der Waals surface area contributed by atoms with Crippen LogP contribution in [0.2, 0.25) is 0 Å². The SMILES string of the molecule is COc1ccc([C@@H]2C[C@H](C(F)(F)F)n3nc(C(=O)N4CCc5ccccc5C4)cc3N2)cc1OC. The average Bonchev–Trinajstić information content (AvgIpc) is 3.30. The summed E-state index contributed by atoms with van der Waals surface area (Å²) in [5.74, 6) is 0.682. The zero-order chi connectivity index (χ0) is 24.7. The predicted octanol–water partition coefficient (Wildman–Crippen LogP) is 4.76. The number of hydrogen-bond acceptors (Lipinski definition) is 5. The van der Waals surface area contributed by atoms with Crippen LogP contribution in [0.1, 0.15) is 45.7 Å². The van der Waals surface area contributed by atoms with Crippen LogP contribution in [0.4, 0.5) is 19.0 Å². The highest BCUT2D eigenvalue weighted by atomic mass is 19.4. The molecule has 2 aliphatic heterocycles. The van der Waals surface area contributed by atoms with E-state index in [1.165, 1.54) is 25.8 Å². The zero-order valence-corrected chi connectivity index (χ0v) is 19.3. The lowest BCUT2D eigenvalue weighted by Gasteiger charge is -2.33. The van der Waals surface area contributed by atoms with E-state index in [0.717, 1.165) is 10.2 Å². The molecule has 0 saturated heterocycles. The molecule has 1 amide bonds. The summed E-state index contributed by atoms with van der Waals surface area (Å²) in [6.07, 6.45) is -4.12. The number of halogens is 3. The number of benzene rings is 2. The van der Waals surface area contributed by atoms with Gasteiger partial charge in [0.1, 0.15) is 5.82 Å². The maximum absolute atomic E-state index is 14.1. The molecule has 5 rings (SSSR count). The number of nitrogens with zero attached hydrogens (tertiary/aromatic N) is 3. The molecule has 0 aliphatic carbocycles. The van der Waals surface area contributed by atoms with Crippen LogP contribution in [0.3, 0.4) is 0 Å². The smallest absolute Gasteiger partial charge is 0.410 e. The van der Waals surface area contributed by atoms with Crippen molar-refractivity contribution >= 4 is 11.7 Å². The second kappa shape index (κ2) is 8.83. The lowest BCUT2D eigenvalue weighted by molar-refractivity contribution is -0.173. The molecule has 0 bridgehead atoms. The highest BCUT2D eigenvalue weighted by Crippen LogP contribution is 2.44. The standard InChI is InChI=1S/C25H25F3N4O3/c1-34-20-8-7-16(11-21(20)35-2)18-12-22(25(26,27)28)32-23(29-18)13-19(30-32)24(33)31-10-9-15-5-3-4-6-17(15)14-31/h3-8,11,13,18,22,29H,9-10,12,14H2,1-2H3/t18-,22+/m0/s1. The summed E-state index contributed by atoms with van der Waals surface area (Å²) in [5.41, 5.74) is 2.83. The van der Waals surface area contributed by atoms with Gasteiger partial charge < -0.3 is 19.7 Å². The van der Waals surface area contributed by atoms with Crippen molar-refractivity contribution in [2.45, 2.75) is 37.6 Å². The summed E-state index contributed by atoms with van der Waals surface area (Å²) in [6.45, 7) is 0.893. The van der Waals surface area contributed by atoms with Gasteiger partial charge in [-0.25, -0.2) is 4.68 Å². The first-order chi connectivity index (χ1) is 16.8. The van der Waals surface area contributed by atoms with E-state index >= 15 is 0 Å². The number of alkyl halides is 3. The molecule has 3 heterocycles. The van der Waals surface area contributed by atoms with Crippen molar-refractivity contribution in [1.29, 1.82) is 0 Å². The molecule has 0 radical (unpaired) electrons. The summed E-state index contributed by atoms with van der Waals surface area (Å²) in [4.78, 5) is 14.8. The monoisotopic (exact) mass is 486 g/mol. The number of hydrogen-bond donors (Lipinski definition) is 1. The molecule has 3 aromatic rings. The van der Waals surface area contributed by atoms with Crippen molar-refractivity contribution in [2.24, 2.45) is 0 Å². The molecule has 7 nitrogen and oxygen atoms in total. The number of anilines is 1. The Balaban J connectivity index is 1.44. The highest BCUT2D eigenvalue weighted by Gasteiger charge is 2.47. The molecule has 10 heteroatoms. The molecule has 2 atom stereocenters. The summed E-state index contributed by atoms with van der Waals surface area (Å²) in [6, 6.07) is 11.8. The third-order valence-electron chi connectivity index (χ3n) is 6.64. The number of carbonyl (C=O) groups excluding carboxylic acids is 1. The van der Waals surface area contributed by atoms with E-state index in [4.69, 9.17) is 9.47 Å². The van der Waals surface area contributed by atoms with Gasteiger partial charge in [-0.2, -0.15) is 18.3 Å². The van der Waals surface area contributed by atoms with Gasteiger partial charge in [-0.15, -0.1) is 0 Å². The first-order valence-electron chi connectivity index (χ1n) is 11.3. The van der Waals surface area contributed by atoms with Gasteiger partial charge in [-0.05, 0) is 35.2 Å². The highest BCUT2D eigenvalue weighted by molar-refractivity contribution is 5.93. The Morgan fingerprint density at radius 1 is 1.06 bits per heavy atom. The van der Waals surface area contributed by atoms with Crippen LogP contribution in [0.5, 0.6) is 11.5 Å². The maximum Gasteiger partial charge on any atom is 0.410 e. The van der Waals surface area contributed by atoms with Gasteiger partial charge >= 0.3 is 6.18 Å². The number of nitrogens with one attached hydrogen (secondary N) is 1. The number of ether oxygens (including phenoxy) is 2. The minimum atomic E-state index is -4.54. The average molecular weight is 486 g/mol. The number of fused-ring (bicyclic) bond motifs is 2. The maximum atomic E-state index is 14.1. The van der Waals surface area contributed by atoms with E-state index in [-0.39, 0.29) is 23.8 Å². The Labute approximate surface area is 200 Å². The minimum absolute atomic E-state index is 0.00547. The Hall–Kier alpha value is -3.69. The molecular weight excluding hydrogens is 461 g/mol. The lowest BCUT2D eigenvalue weighted by Crippen LogP contribution is -2.37. The molecule has 0 spiro atoms.